The lowest BCUT2D eigenvalue weighted by Crippen LogP contribution is -2.27. The molecule has 1 aliphatic heterocycles. The Hall–Kier alpha value is -2.95. The summed E-state index contributed by atoms with van der Waals surface area (Å²) in [4.78, 5) is 46.4. The first kappa shape index (κ1) is 20.8. The molecular weight excluding hydrogens is 445 g/mol. The highest BCUT2D eigenvalue weighted by Crippen LogP contribution is 2.37. The summed E-state index contributed by atoms with van der Waals surface area (Å²) in [6.07, 6.45) is 1.28. The Morgan fingerprint density at radius 2 is 1.66 bits per heavy atom. The highest BCUT2D eigenvalue weighted by molar-refractivity contribution is 8.18. The Bertz CT molecular complexity index is 1090. The van der Waals surface area contributed by atoms with E-state index in [0.29, 0.717) is 17.3 Å². The van der Waals surface area contributed by atoms with Gasteiger partial charge >= 0.3 is 0 Å². The van der Waals surface area contributed by atoms with E-state index in [2.05, 4.69) is 0 Å². The van der Waals surface area contributed by atoms with Gasteiger partial charge in [0.2, 0.25) is 0 Å². The van der Waals surface area contributed by atoms with Crippen molar-refractivity contribution in [3.63, 3.8) is 0 Å². The molecule has 0 aromatic heterocycles. The highest BCUT2D eigenvalue weighted by Gasteiger charge is 2.35. The molecule has 1 heterocycles. The summed E-state index contributed by atoms with van der Waals surface area (Å²) in [5.74, 6) is -0.605. The van der Waals surface area contributed by atoms with E-state index in [1.165, 1.54) is 36.4 Å². The lowest BCUT2D eigenvalue weighted by Gasteiger charge is -2.12. The number of imide groups is 1. The molecule has 0 atom stereocenters. The lowest BCUT2D eigenvalue weighted by molar-refractivity contribution is -0.385. The molecule has 9 nitrogen and oxygen atoms in total. The van der Waals surface area contributed by atoms with Crippen molar-refractivity contribution in [2.45, 2.75) is 6.54 Å². The number of hydrogen-bond acceptors (Lipinski definition) is 7. The van der Waals surface area contributed by atoms with Crippen molar-refractivity contribution in [3.8, 4) is 0 Å². The fourth-order valence-electron chi connectivity index (χ4n) is 2.49. The molecule has 2 aromatic rings. The Morgan fingerprint density at radius 1 is 1.00 bits per heavy atom. The third kappa shape index (κ3) is 4.39. The van der Waals surface area contributed by atoms with Gasteiger partial charge in [0, 0.05) is 28.8 Å². The minimum Gasteiger partial charge on any atom is -0.268 e. The Balaban J connectivity index is 1.86. The van der Waals surface area contributed by atoms with E-state index in [9.17, 15) is 29.8 Å². The molecule has 0 unspecified atom stereocenters. The summed E-state index contributed by atoms with van der Waals surface area (Å²) >= 11 is 12.5. The second-order valence-corrected chi connectivity index (χ2v) is 7.58. The number of hydrogen-bond donors (Lipinski definition) is 0. The number of rotatable bonds is 5. The van der Waals surface area contributed by atoms with Crippen LogP contribution in [0.2, 0.25) is 10.0 Å². The van der Waals surface area contributed by atoms with Gasteiger partial charge in [-0.05, 0) is 29.5 Å². The molecule has 0 aliphatic carbocycles. The van der Waals surface area contributed by atoms with Crippen LogP contribution in [0.3, 0.4) is 0 Å². The minimum absolute atomic E-state index is 0.0374. The number of amides is 2. The van der Waals surface area contributed by atoms with Gasteiger partial charge in [0.1, 0.15) is 5.02 Å². The zero-order valence-corrected chi connectivity index (χ0v) is 16.5. The van der Waals surface area contributed by atoms with E-state index in [1.807, 2.05) is 0 Å². The quantitative estimate of drug-likeness (QED) is 0.352. The molecule has 0 spiro atoms. The largest absolute Gasteiger partial charge is 0.293 e. The second-order valence-electron chi connectivity index (χ2n) is 5.77. The normalized spacial score (nSPS) is 15.2. The molecule has 1 aliphatic rings. The van der Waals surface area contributed by atoms with Crippen molar-refractivity contribution in [2.75, 3.05) is 0 Å². The first-order valence-electron chi connectivity index (χ1n) is 7.79. The van der Waals surface area contributed by atoms with Crippen LogP contribution in [0.4, 0.5) is 16.2 Å². The van der Waals surface area contributed by atoms with Gasteiger partial charge in [-0.15, -0.1) is 0 Å². The van der Waals surface area contributed by atoms with Crippen LogP contribution in [0, 0.1) is 20.2 Å². The van der Waals surface area contributed by atoms with E-state index >= 15 is 0 Å². The summed E-state index contributed by atoms with van der Waals surface area (Å²) in [5, 5.41) is 21.1. The molecule has 3 rings (SSSR count). The summed E-state index contributed by atoms with van der Waals surface area (Å²) in [6.45, 7) is -0.0749. The van der Waals surface area contributed by atoms with E-state index in [4.69, 9.17) is 23.2 Å². The first-order valence-corrected chi connectivity index (χ1v) is 9.36. The molecule has 0 radical (unpaired) electrons. The maximum atomic E-state index is 12.6. The second kappa shape index (κ2) is 8.19. The first-order chi connectivity index (χ1) is 13.7. The topological polar surface area (TPSA) is 124 Å². The number of thioether (sulfide) groups is 1. The van der Waals surface area contributed by atoms with Gasteiger partial charge < -0.3 is 0 Å². The van der Waals surface area contributed by atoms with E-state index in [0.717, 1.165) is 11.0 Å². The van der Waals surface area contributed by atoms with Gasteiger partial charge in [0.15, 0.2) is 0 Å². The number of carbonyl (C=O) groups is 2. The third-order valence-corrected chi connectivity index (χ3v) is 5.45. The van der Waals surface area contributed by atoms with Crippen LogP contribution in [0.1, 0.15) is 11.1 Å². The maximum absolute atomic E-state index is 12.6. The van der Waals surface area contributed by atoms with E-state index in [1.54, 1.807) is 0 Å². The number of nitrogens with zero attached hydrogens (tertiary/aromatic N) is 3. The number of benzene rings is 2. The van der Waals surface area contributed by atoms with Crippen LogP contribution in [0.5, 0.6) is 0 Å². The number of halogens is 2. The standard InChI is InChI=1S/C17H9Cl2N3O6S/c18-12-7-13(19)14(22(27)28)5-10(12)6-15-16(23)20(17(24)29-15)8-9-1-3-11(4-2-9)21(25)26/h1-7H,8H2/b15-6-. The molecule has 29 heavy (non-hydrogen) atoms. The molecule has 1 fully saturated rings. The summed E-state index contributed by atoms with van der Waals surface area (Å²) < 4.78 is 0. The summed E-state index contributed by atoms with van der Waals surface area (Å²) in [6, 6.07) is 7.76. The van der Waals surface area contributed by atoms with E-state index in [-0.39, 0.29) is 38.4 Å². The molecular formula is C17H9Cl2N3O6S. The van der Waals surface area contributed by atoms with Crippen molar-refractivity contribution >= 4 is 63.6 Å². The fraction of sp³-hybridized carbons (Fsp3) is 0.0588. The SMILES string of the molecule is O=C1S/C(=C\c2cc([N+](=O)[O-])c(Cl)cc2Cl)C(=O)N1Cc1ccc([N+](=O)[O-])cc1. The molecule has 1 saturated heterocycles. The number of carbonyl (C=O) groups excluding carboxylic acids is 2. The average Bonchev–Trinajstić information content (AvgIpc) is 2.91. The van der Waals surface area contributed by atoms with Crippen molar-refractivity contribution in [1.29, 1.82) is 0 Å². The summed E-state index contributed by atoms with van der Waals surface area (Å²) in [7, 11) is 0. The molecule has 0 N–H and O–H groups in total. The predicted octanol–water partition coefficient (Wildman–Crippen LogP) is 5.05. The van der Waals surface area contributed by atoms with Crippen LogP contribution in [-0.4, -0.2) is 25.9 Å². The van der Waals surface area contributed by atoms with Crippen molar-refractivity contribution in [1.82, 2.24) is 4.90 Å². The third-order valence-electron chi connectivity index (χ3n) is 3.91. The van der Waals surface area contributed by atoms with Crippen LogP contribution in [-0.2, 0) is 11.3 Å². The average molecular weight is 454 g/mol. The maximum Gasteiger partial charge on any atom is 0.293 e. The fourth-order valence-corrected chi connectivity index (χ4v) is 3.82. The molecule has 12 heteroatoms. The number of nitro benzene ring substituents is 2. The smallest absolute Gasteiger partial charge is 0.268 e. The molecule has 0 bridgehead atoms. The molecule has 2 amide bonds. The van der Waals surface area contributed by atoms with Gasteiger partial charge in [-0.1, -0.05) is 35.3 Å². The van der Waals surface area contributed by atoms with Gasteiger partial charge in [-0.25, -0.2) is 0 Å². The molecule has 148 valence electrons. The number of non-ortho nitro benzene ring substituents is 1. The van der Waals surface area contributed by atoms with Gasteiger partial charge in [0.05, 0.1) is 21.3 Å². The van der Waals surface area contributed by atoms with Gasteiger partial charge in [0.25, 0.3) is 22.5 Å². The molecule has 2 aromatic carbocycles. The van der Waals surface area contributed by atoms with Crippen LogP contribution >= 0.6 is 35.0 Å². The lowest BCUT2D eigenvalue weighted by atomic mass is 10.1. The van der Waals surface area contributed by atoms with Crippen molar-refractivity contribution in [2.24, 2.45) is 0 Å². The Morgan fingerprint density at radius 3 is 2.24 bits per heavy atom. The van der Waals surface area contributed by atoms with Crippen molar-refractivity contribution < 1.29 is 19.4 Å². The van der Waals surface area contributed by atoms with Crippen molar-refractivity contribution in [3.05, 3.63) is 82.7 Å². The van der Waals surface area contributed by atoms with Gasteiger partial charge in [-0.2, -0.15) is 0 Å². The zero-order chi connectivity index (χ0) is 21.3. The van der Waals surface area contributed by atoms with Crippen LogP contribution in [0.15, 0.2) is 41.3 Å². The minimum atomic E-state index is -0.684. The zero-order valence-electron chi connectivity index (χ0n) is 14.2. The monoisotopic (exact) mass is 453 g/mol. The highest BCUT2D eigenvalue weighted by atomic mass is 35.5. The molecule has 0 saturated carbocycles. The van der Waals surface area contributed by atoms with Crippen LogP contribution < -0.4 is 0 Å². The Kier molecular flexibility index (Phi) is 5.87. The summed E-state index contributed by atoms with van der Waals surface area (Å²) in [5.41, 5.74) is 0.206. The van der Waals surface area contributed by atoms with Gasteiger partial charge in [-0.3, -0.25) is 34.7 Å². The Labute approximate surface area is 177 Å². The van der Waals surface area contributed by atoms with Crippen LogP contribution in [0.25, 0.3) is 6.08 Å². The predicted molar refractivity (Wildman–Crippen MR) is 108 cm³/mol. The van der Waals surface area contributed by atoms with E-state index < -0.39 is 21.0 Å². The number of nitro groups is 2.